The highest BCUT2D eigenvalue weighted by Gasteiger charge is 2.18. The summed E-state index contributed by atoms with van der Waals surface area (Å²) in [5, 5.41) is 1.39. The monoisotopic (exact) mass is 280 g/mol. The van der Waals surface area contributed by atoms with Crippen LogP contribution in [0.3, 0.4) is 0 Å². The van der Waals surface area contributed by atoms with Crippen LogP contribution in [0.4, 0.5) is 0 Å². The summed E-state index contributed by atoms with van der Waals surface area (Å²) in [5.41, 5.74) is -3.42. The second-order valence-corrected chi connectivity index (χ2v) is 5.46. The Balaban J connectivity index is 5.06. The molecule has 0 aliphatic rings. The molecule has 0 aromatic carbocycles. The van der Waals surface area contributed by atoms with Crippen molar-refractivity contribution in [1.29, 1.82) is 0 Å². The van der Waals surface area contributed by atoms with Crippen molar-refractivity contribution in [3.8, 4) is 0 Å². The Labute approximate surface area is 119 Å². The molecule has 0 bridgehead atoms. The quantitative estimate of drug-likeness (QED) is 0.770. The van der Waals surface area contributed by atoms with E-state index in [1.165, 1.54) is 0 Å². The zero-order valence-corrected chi connectivity index (χ0v) is 11.6. The minimum absolute atomic E-state index is 0.122. The van der Waals surface area contributed by atoms with Crippen LogP contribution in [0.1, 0.15) is 41.4 Å². The fraction of sp³-hybridized carbons (Fsp3) is 0.750. The highest BCUT2D eigenvalue weighted by Crippen LogP contribution is 2.09. The molecule has 0 rings (SSSR count). The summed E-state index contributed by atoms with van der Waals surface area (Å²) in [6.07, 6.45) is 0. The van der Waals surface area contributed by atoms with Gasteiger partial charge in [0.25, 0.3) is 0 Å². The van der Waals surface area contributed by atoms with Crippen LogP contribution >= 0.6 is 11.8 Å². The molecule has 0 spiro atoms. The molecule has 0 aliphatic carbocycles. The van der Waals surface area contributed by atoms with Crippen molar-refractivity contribution < 1.29 is 26.0 Å². The third-order valence-corrected chi connectivity index (χ3v) is 2.05. The van der Waals surface area contributed by atoms with Gasteiger partial charge in [0, 0.05) is 25.4 Å². The van der Waals surface area contributed by atoms with Gasteiger partial charge in [0.1, 0.15) is 12.1 Å². The second kappa shape index (κ2) is 7.41. The number of carbonyl (C=O) groups is 3. The molecule has 0 saturated carbocycles. The molecule has 6 heteroatoms. The van der Waals surface area contributed by atoms with Crippen LogP contribution in [0.5, 0.6) is 0 Å². The van der Waals surface area contributed by atoms with E-state index in [9.17, 15) is 14.4 Å². The van der Waals surface area contributed by atoms with E-state index in [2.05, 4.69) is 5.32 Å². The molecule has 0 heterocycles. The molecule has 0 radical (unpaired) electrons. The highest BCUT2D eigenvalue weighted by atomic mass is 32.2. The van der Waals surface area contributed by atoms with Gasteiger partial charge in [-0.15, -0.1) is 0 Å². The average molecular weight is 280 g/mol. The minimum atomic E-state index is -2.98. The summed E-state index contributed by atoms with van der Waals surface area (Å²) in [4.78, 5) is 34.6. The van der Waals surface area contributed by atoms with Gasteiger partial charge in [0.15, 0.2) is 5.12 Å². The van der Waals surface area contributed by atoms with E-state index in [1.807, 2.05) is 0 Å². The number of esters is 1. The van der Waals surface area contributed by atoms with Crippen LogP contribution in [0.15, 0.2) is 0 Å². The molecule has 0 aliphatic heterocycles. The van der Waals surface area contributed by atoms with Gasteiger partial charge < -0.3 is 10.1 Å². The summed E-state index contributed by atoms with van der Waals surface area (Å²) < 4.78 is 42.4. The predicted molar refractivity (Wildman–Crippen MR) is 71.2 cm³/mol. The lowest BCUT2D eigenvalue weighted by atomic mass is 10.2. The first-order valence-corrected chi connectivity index (χ1v) is 6.07. The summed E-state index contributed by atoms with van der Waals surface area (Å²) in [7, 11) is 0. The van der Waals surface area contributed by atoms with Crippen molar-refractivity contribution in [3.05, 3.63) is 0 Å². The van der Waals surface area contributed by atoms with Gasteiger partial charge in [-0.25, -0.2) is 0 Å². The Bertz CT molecular complexity index is 473. The highest BCUT2D eigenvalue weighted by molar-refractivity contribution is 8.13. The Morgan fingerprint density at radius 1 is 1.44 bits per heavy atom. The third kappa shape index (κ3) is 9.04. The second-order valence-electron chi connectivity index (χ2n) is 4.45. The van der Waals surface area contributed by atoms with Gasteiger partial charge in [-0.2, -0.15) is 0 Å². The van der Waals surface area contributed by atoms with E-state index >= 15 is 0 Å². The molecule has 0 saturated heterocycles. The number of thioether (sulfide) groups is 1. The molecular weight excluding hydrogens is 254 g/mol. The van der Waals surface area contributed by atoms with Crippen LogP contribution in [0.25, 0.3) is 0 Å². The fourth-order valence-corrected chi connectivity index (χ4v) is 1.23. The van der Waals surface area contributed by atoms with Gasteiger partial charge in [-0.3, -0.25) is 14.4 Å². The lowest BCUT2D eigenvalue weighted by Crippen LogP contribution is -2.37. The van der Waals surface area contributed by atoms with Crippen molar-refractivity contribution in [3.63, 3.8) is 0 Å². The van der Waals surface area contributed by atoms with Crippen molar-refractivity contribution in [2.24, 2.45) is 5.92 Å². The van der Waals surface area contributed by atoms with Gasteiger partial charge in [0.2, 0.25) is 5.91 Å². The maximum Gasteiger partial charge on any atom is 0.325 e. The number of nitrogens with one attached hydrogen (secondary N) is 1. The molecule has 1 N–H and O–H groups in total. The number of hydrogen-bond acceptors (Lipinski definition) is 5. The van der Waals surface area contributed by atoms with E-state index in [-0.39, 0.29) is 11.8 Å². The Morgan fingerprint density at radius 2 is 2.06 bits per heavy atom. The number of hydrogen-bond donors (Lipinski definition) is 1. The molecule has 18 heavy (non-hydrogen) atoms. The number of carbonyl (C=O) groups excluding carboxylic acids is 3. The number of amides is 1. The minimum Gasteiger partial charge on any atom is -0.459 e. The smallest absolute Gasteiger partial charge is 0.325 e. The first-order chi connectivity index (χ1) is 10.1. The van der Waals surface area contributed by atoms with E-state index in [0.717, 1.165) is 6.92 Å². The molecule has 1 atom stereocenters. The topological polar surface area (TPSA) is 72.5 Å². The van der Waals surface area contributed by atoms with Crippen LogP contribution in [-0.2, 0) is 19.1 Å². The standard InChI is InChI=1S/C12H21NO4S/c1-8(7-18-9(2)14)11(16)13-6-10(15)17-12(3,4)5/h8H,6-7H2,1-5H3,(H,13,16)/i1D3,7D2. The third-order valence-electron chi connectivity index (χ3n) is 1.41. The summed E-state index contributed by atoms with van der Waals surface area (Å²) in [5.74, 6) is -4.07. The van der Waals surface area contributed by atoms with E-state index in [1.54, 1.807) is 20.8 Å². The summed E-state index contributed by atoms with van der Waals surface area (Å²) in [6, 6.07) is 0. The zero-order chi connectivity index (χ0) is 18.6. The Hall–Kier alpha value is -1.04. The lowest BCUT2D eigenvalue weighted by Gasteiger charge is -2.20. The predicted octanol–water partition coefficient (Wildman–Crippen LogP) is 1.36. The largest absolute Gasteiger partial charge is 0.459 e. The van der Waals surface area contributed by atoms with E-state index in [4.69, 9.17) is 11.6 Å². The van der Waals surface area contributed by atoms with Gasteiger partial charge in [-0.05, 0) is 20.8 Å². The SMILES string of the molecule is [2H]C([2H])([2H])C(C(=O)NCC(=O)OC(C)(C)C)C([2H])([2H])SC(C)=O. The molecule has 5 nitrogen and oxygen atoms in total. The zero-order valence-electron chi connectivity index (χ0n) is 15.8. The van der Waals surface area contributed by atoms with Crippen LogP contribution in [0, 0.1) is 5.92 Å². The van der Waals surface area contributed by atoms with Crippen LogP contribution in [-0.4, -0.2) is 34.8 Å². The molecule has 104 valence electrons. The van der Waals surface area contributed by atoms with Gasteiger partial charge in [0.05, 0.1) is 0 Å². The van der Waals surface area contributed by atoms with Crippen molar-refractivity contribution >= 4 is 28.8 Å². The van der Waals surface area contributed by atoms with Crippen molar-refractivity contribution in [1.82, 2.24) is 5.32 Å². The number of ether oxygens (including phenoxy) is 1. The molecule has 0 aromatic heterocycles. The van der Waals surface area contributed by atoms with E-state index < -0.39 is 47.6 Å². The normalized spacial score (nSPS) is 18.3. The first kappa shape index (κ1) is 9.83. The van der Waals surface area contributed by atoms with Gasteiger partial charge >= 0.3 is 5.97 Å². The molecule has 1 unspecified atom stereocenters. The fourth-order valence-electron chi connectivity index (χ4n) is 0.834. The van der Waals surface area contributed by atoms with Gasteiger partial charge in [-0.1, -0.05) is 18.6 Å². The number of rotatable bonds is 5. The molecular formula is C12H21NO4S. The first-order valence-electron chi connectivity index (χ1n) is 7.75. The van der Waals surface area contributed by atoms with Crippen LogP contribution in [0.2, 0.25) is 0 Å². The average Bonchev–Trinajstić information content (AvgIpc) is 2.19. The van der Waals surface area contributed by atoms with Crippen molar-refractivity contribution in [2.45, 2.75) is 40.1 Å². The molecule has 1 amide bonds. The Morgan fingerprint density at radius 3 is 2.50 bits per heavy atom. The maximum atomic E-state index is 12.0. The maximum absolute atomic E-state index is 12.0. The van der Waals surface area contributed by atoms with Crippen LogP contribution < -0.4 is 5.32 Å². The summed E-state index contributed by atoms with van der Waals surface area (Å²) in [6.45, 7) is 2.37. The lowest BCUT2D eigenvalue weighted by molar-refractivity contribution is -0.154. The molecule has 0 fully saturated rings. The molecule has 0 aromatic rings. The summed E-state index contributed by atoms with van der Waals surface area (Å²) >= 11 is 0.122. The van der Waals surface area contributed by atoms with Crippen molar-refractivity contribution in [2.75, 3.05) is 12.2 Å². The Kier molecular flexibility index (Phi) is 4.05. The van der Waals surface area contributed by atoms with E-state index in [0.29, 0.717) is 0 Å².